The summed E-state index contributed by atoms with van der Waals surface area (Å²) in [7, 11) is 0. The molecular formula is C14H16ClN. The third kappa shape index (κ3) is 1.50. The molecule has 0 spiro atoms. The number of benzene rings is 1. The van der Waals surface area contributed by atoms with Crippen molar-refractivity contribution >= 4 is 17.2 Å². The highest BCUT2D eigenvalue weighted by Crippen LogP contribution is 2.39. The molecule has 1 aromatic carbocycles. The zero-order valence-electron chi connectivity index (χ0n) is 9.52. The quantitative estimate of drug-likeness (QED) is 0.784. The normalized spacial score (nSPS) is 23.2. The van der Waals surface area contributed by atoms with Crippen molar-refractivity contribution < 1.29 is 0 Å². The van der Waals surface area contributed by atoms with E-state index in [-0.39, 0.29) is 0 Å². The van der Waals surface area contributed by atoms with Gasteiger partial charge in [-0.2, -0.15) is 0 Å². The Balaban J connectivity index is 2.05. The third-order valence-electron chi connectivity index (χ3n) is 3.76. The summed E-state index contributed by atoms with van der Waals surface area (Å²) in [5, 5.41) is 4.46. The van der Waals surface area contributed by atoms with Crippen molar-refractivity contribution in [1.82, 2.24) is 5.32 Å². The first-order chi connectivity index (χ1) is 7.79. The second kappa shape index (κ2) is 3.90. The highest BCUT2D eigenvalue weighted by Gasteiger charge is 2.28. The van der Waals surface area contributed by atoms with Crippen molar-refractivity contribution in [2.45, 2.75) is 32.2 Å². The molecule has 2 heteroatoms. The average molecular weight is 234 g/mol. The van der Waals surface area contributed by atoms with Gasteiger partial charge in [-0.1, -0.05) is 24.6 Å². The molecule has 0 radical (unpaired) electrons. The first-order valence-corrected chi connectivity index (χ1v) is 6.41. The van der Waals surface area contributed by atoms with Gasteiger partial charge in [-0.25, -0.2) is 0 Å². The first kappa shape index (κ1) is 10.4. The lowest BCUT2D eigenvalue weighted by molar-refractivity contribution is 0.538. The minimum atomic E-state index is 0.579. The maximum Gasteiger partial charge on any atom is 0.0409 e. The fraction of sp³-hybridized carbons (Fsp3) is 0.429. The van der Waals surface area contributed by atoms with Crippen molar-refractivity contribution in [3.8, 4) is 0 Å². The summed E-state index contributed by atoms with van der Waals surface area (Å²) in [4.78, 5) is 0. The summed E-state index contributed by atoms with van der Waals surface area (Å²) in [5.41, 5.74) is 6.04. The van der Waals surface area contributed by atoms with E-state index in [1.165, 1.54) is 24.0 Å². The number of nitrogens with one attached hydrogen (secondary N) is 1. The Morgan fingerprint density at radius 2 is 2.31 bits per heavy atom. The number of halogens is 1. The number of hydrogen-bond donors (Lipinski definition) is 1. The summed E-state index contributed by atoms with van der Waals surface area (Å²) in [6, 6.07) is 6.91. The van der Waals surface area contributed by atoms with E-state index < -0.39 is 0 Å². The Morgan fingerprint density at radius 1 is 1.44 bits per heavy atom. The molecular weight excluding hydrogens is 218 g/mol. The van der Waals surface area contributed by atoms with E-state index in [1.807, 2.05) is 6.07 Å². The number of hydrogen-bond acceptors (Lipinski definition) is 1. The number of rotatable bonds is 1. The van der Waals surface area contributed by atoms with Crippen molar-refractivity contribution in [2.75, 3.05) is 6.54 Å². The van der Waals surface area contributed by atoms with E-state index in [1.54, 1.807) is 11.1 Å². The topological polar surface area (TPSA) is 12.0 Å². The Kier molecular flexibility index (Phi) is 2.53. The fourth-order valence-electron chi connectivity index (χ4n) is 3.00. The van der Waals surface area contributed by atoms with Crippen LogP contribution in [0.1, 0.15) is 30.9 Å². The maximum atomic E-state index is 6.06. The SMILES string of the molecule is CCC1NCCC2=C1Cc1cc(Cl)ccc12. The molecule has 1 aromatic rings. The largest absolute Gasteiger partial charge is 0.310 e. The van der Waals surface area contributed by atoms with Crippen molar-refractivity contribution in [3.63, 3.8) is 0 Å². The van der Waals surface area contributed by atoms with E-state index in [4.69, 9.17) is 11.6 Å². The molecule has 1 N–H and O–H groups in total. The van der Waals surface area contributed by atoms with Crippen LogP contribution in [0, 0.1) is 0 Å². The molecule has 1 heterocycles. The van der Waals surface area contributed by atoms with Gasteiger partial charge in [-0.3, -0.25) is 0 Å². The van der Waals surface area contributed by atoms with Gasteiger partial charge < -0.3 is 5.32 Å². The van der Waals surface area contributed by atoms with Crippen molar-refractivity contribution in [1.29, 1.82) is 0 Å². The second-order valence-corrected chi connectivity index (χ2v) is 5.08. The van der Waals surface area contributed by atoms with Gasteiger partial charge in [-0.05, 0) is 60.2 Å². The minimum Gasteiger partial charge on any atom is -0.310 e. The number of fused-ring (bicyclic) bond motifs is 2. The van der Waals surface area contributed by atoms with Crippen molar-refractivity contribution in [2.24, 2.45) is 0 Å². The van der Waals surface area contributed by atoms with Gasteiger partial charge in [0.1, 0.15) is 0 Å². The van der Waals surface area contributed by atoms with E-state index in [9.17, 15) is 0 Å². The van der Waals surface area contributed by atoms with Crippen LogP contribution in [0.3, 0.4) is 0 Å². The summed E-state index contributed by atoms with van der Waals surface area (Å²) in [6.45, 7) is 3.36. The van der Waals surface area contributed by atoms with Gasteiger partial charge in [0.15, 0.2) is 0 Å². The molecule has 1 unspecified atom stereocenters. The van der Waals surface area contributed by atoms with Crippen molar-refractivity contribution in [3.05, 3.63) is 39.9 Å². The molecule has 0 amide bonds. The Morgan fingerprint density at radius 3 is 3.12 bits per heavy atom. The first-order valence-electron chi connectivity index (χ1n) is 6.03. The molecule has 1 aliphatic heterocycles. The van der Waals surface area contributed by atoms with Crippen LogP contribution < -0.4 is 5.32 Å². The van der Waals surface area contributed by atoms with Gasteiger partial charge in [0.05, 0.1) is 0 Å². The van der Waals surface area contributed by atoms with Gasteiger partial charge in [-0.15, -0.1) is 0 Å². The lowest BCUT2D eigenvalue weighted by atomic mass is 9.93. The molecule has 0 saturated carbocycles. The Hall–Kier alpha value is -0.790. The molecule has 1 nitrogen and oxygen atoms in total. The Bertz CT molecular complexity index is 462. The molecule has 0 saturated heterocycles. The van der Waals surface area contributed by atoms with Crippen LogP contribution >= 0.6 is 11.6 Å². The third-order valence-corrected chi connectivity index (χ3v) is 3.99. The summed E-state index contributed by atoms with van der Waals surface area (Å²) >= 11 is 6.06. The maximum absolute atomic E-state index is 6.06. The molecule has 16 heavy (non-hydrogen) atoms. The van der Waals surface area contributed by atoms with Crippen LogP contribution in [0.15, 0.2) is 23.8 Å². The van der Waals surface area contributed by atoms with E-state index in [2.05, 4.69) is 24.4 Å². The van der Waals surface area contributed by atoms with Crippen LogP contribution in [0.4, 0.5) is 0 Å². The molecule has 1 aliphatic carbocycles. The fourth-order valence-corrected chi connectivity index (χ4v) is 3.20. The molecule has 0 fully saturated rings. The molecule has 1 atom stereocenters. The summed E-state index contributed by atoms with van der Waals surface area (Å²) in [5.74, 6) is 0. The standard InChI is InChI=1S/C14H16ClN/c1-2-14-13-8-9-7-10(15)3-4-11(9)12(13)5-6-16-14/h3-4,7,14,16H,2,5-6,8H2,1H3. The van der Waals surface area contributed by atoms with Gasteiger partial charge in [0, 0.05) is 11.1 Å². The van der Waals surface area contributed by atoms with E-state index >= 15 is 0 Å². The zero-order valence-corrected chi connectivity index (χ0v) is 10.3. The van der Waals surface area contributed by atoms with Gasteiger partial charge >= 0.3 is 0 Å². The molecule has 84 valence electrons. The Labute approximate surface area is 102 Å². The molecule has 3 rings (SSSR count). The monoisotopic (exact) mass is 233 g/mol. The molecule has 2 aliphatic rings. The van der Waals surface area contributed by atoms with Gasteiger partial charge in [0.25, 0.3) is 0 Å². The lowest BCUT2D eigenvalue weighted by Gasteiger charge is -2.25. The van der Waals surface area contributed by atoms with Crippen LogP contribution in [-0.2, 0) is 6.42 Å². The predicted molar refractivity (Wildman–Crippen MR) is 68.8 cm³/mol. The van der Waals surface area contributed by atoms with Crippen LogP contribution in [0.25, 0.3) is 5.57 Å². The second-order valence-electron chi connectivity index (χ2n) is 4.65. The predicted octanol–water partition coefficient (Wildman–Crippen LogP) is 3.42. The van der Waals surface area contributed by atoms with Crippen LogP contribution in [0.5, 0.6) is 0 Å². The van der Waals surface area contributed by atoms with E-state index in [0.717, 1.165) is 18.0 Å². The highest BCUT2D eigenvalue weighted by atomic mass is 35.5. The smallest absolute Gasteiger partial charge is 0.0409 e. The van der Waals surface area contributed by atoms with Crippen LogP contribution in [0.2, 0.25) is 5.02 Å². The average Bonchev–Trinajstić information content (AvgIpc) is 2.65. The summed E-state index contributed by atoms with van der Waals surface area (Å²) < 4.78 is 0. The zero-order chi connectivity index (χ0) is 11.1. The highest BCUT2D eigenvalue weighted by molar-refractivity contribution is 6.30. The molecule has 0 aromatic heterocycles. The van der Waals surface area contributed by atoms with E-state index in [0.29, 0.717) is 6.04 Å². The lowest BCUT2D eigenvalue weighted by Crippen LogP contribution is -2.35. The summed E-state index contributed by atoms with van der Waals surface area (Å²) in [6.07, 6.45) is 3.44. The minimum absolute atomic E-state index is 0.579. The van der Waals surface area contributed by atoms with Crippen LogP contribution in [-0.4, -0.2) is 12.6 Å². The van der Waals surface area contributed by atoms with Gasteiger partial charge in [0.2, 0.25) is 0 Å². The molecule has 0 bridgehead atoms.